The summed E-state index contributed by atoms with van der Waals surface area (Å²) in [6.07, 6.45) is 0.0682. The summed E-state index contributed by atoms with van der Waals surface area (Å²) >= 11 is 6.07. The lowest BCUT2D eigenvalue weighted by atomic mass is 10.1. The van der Waals surface area contributed by atoms with Gasteiger partial charge in [0.25, 0.3) is 5.91 Å². The Morgan fingerprint density at radius 1 is 1.04 bits per heavy atom. The summed E-state index contributed by atoms with van der Waals surface area (Å²) in [5.74, 6) is 1.25. The Kier molecular flexibility index (Phi) is 7.34. The molecular weight excluding hydrogens is 350 g/mol. The Balaban J connectivity index is 1.81. The van der Waals surface area contributed by atoms with Crippen LogP contribution < -0.4 is 14.8 Å². The second-order valence-corrected chi connectivity index (χ2v) is 6.72. The zero-order valence-corrected chi connectivity index (χ0v) is 16.5. The molecule has 0 fully saturated rings. The predicted octanol–water partition coefficient (Wildman–Crippen LogP) is 4.62. The van der Waals surface area contributed by atoms with E-state index in [2.05, 4.69) is 5.32 Å². The number of aryl methyl sites for hydroxylation is 3. The van der Waals surface area contributed by atoms with Crippen LogP contribution in [0.3, 0.4) is 0 Å². The first kappa shape index (κ1) is 20.1. The van der Waals surface area contributed by atoms with Crippen molar-refractivity contribution in [2.75, 3.05) is 13.2 Å². The van der Waals surface area contributed by atoms with Gasteiger partial charge in [0.15, 0.2) is 6.10 Å². The van der Waals surface area contributed by atoms with E-state index in [1.54, 1.807) is 6.07 Å². The molecule has 0 aromatic heterocycles. The van der Waals surface area contributed by atoms with Crippen LogP contribution in [0.2, 0.25) is 5.02 Å². The zero-order valence-electron chi connectivity index (χ0n) is 15.8. The molecule has 2 aromatic rings. The third-order valence-corrected chi connectivity index (χ3v) is 4.64. The van der Waals surface area contributed by atoms with Crippen molar-refractivity contribution in [1.29, 1.82) is 0 Å². The van der Waals surface area contributed by atoms with Crippen molar-refractivity contribution >= 4 is 17.5 Å². The van der Waals surface area contributed by atoms with Gasteiger partial charge in [0.05, 0.1) is 6.54 Å². The van der Waals surface area contributed by atoms with Gasteiger partial charge < -0.3 is 14.8 Å². The molecule has 1 unspecified atom stereocenters. The number of rotatable bonds is 8. The highest BCUT2D eigenvalue weighted by Crippen LogP contribution is 2.21. The molecular formula is C21H26ClNO3. The van der Waals surface area contributed by atoms with Gasteiger partial charge >= 0.3 is 0 Å². The van der Waals surface area contributed by atoms with Gasteiger partial charge in [-0.1, -0.05) is 30.7 Å². The minimum Gasteiger partial charge on any atom is -0.492 e. The number of ether oxygens (including phenoxy) is 2. The van der Waals surface area contributed by atoms with Crippen molar-refractivity contribution in [3.05, 3.63) is 58.1 Å². The molecule has 0 heterocycles. The summed E-state index contributed by atoms with van der Waals surface area (Å²) in [7, 11) is 0. The minimum atomic E-state index is -0.522. The van der Waals surface area contributed by atoms with Crippen molar-refractivity contribution in [3.8, 4) is 11.5 Å². The minimum absolute atomic E-state index is 0.142. The van der Waals surface area contributed by atoms with E-state index >= 15 is 0 Å². The van der Waals surface area contributed by atoms with E-state index in [-0.39, 0.29) is 5.91 Å². The van der Waals surface area contributed by atoms with E-state index in [0.29, 0.717) is 36.1 Å². The molecule has 26 heavy (non-hydrogen) atoms. The van der Waals surface area contributed by atoms with E-state index in [9.17, 15) is 4.79 Å². The summed E-state index contributed by atoms with van der Waals surface area (Å²) in [5.41, 5.74) is 3.34. The normalized spacial score (nSPS) is 11.7. The maximum absolute atomic E-state index is 12.3. The summed E-state index contributed by atoms with van der Waals surface area (Å²) in [6.45, 7) is 8.70. The highest BCUT2D eigenvalue weighted by atomic mass is 35.5. The third-order valence-electron chi connectivity index (χ3n) is 4.23. The summed E-state index contributed by atoms with van der Waals surface area (Å²) in [6, 6.07) is 11.4. The van der Waals surface area contributed by atoms with E-state index in [1.807, 2.05) is 58.0 Å². The largest absolute Gasteiger partial charge is 0.492 e. The molecule has 4 nitrogen and oxygen atoms in total. The molecule has 140 valence electrons. The van der Waals surface area contributed by atoms with Gasteiger partial charge in [-0.05, 0) is 68.1 Å². The van der Waals surface area contributed by atoms with Crippen molar-refractivity contribution < 1.29 is 14.3 Å². The molecule has 2 aromatic carbocycles. The van der Waals surface area contributed by atoms with Crippen molar-refractivity contribution in [2.24, 2.45) is 0 Å². The molecule has 1 atom stereocenters. The lowest BCUT2D eigenvalue weighted by Gasteiger charge is -2.18. The van der Waals surface area contributed by atoms with Crippen LogP contribution in [0.15, 0.2) is 36.4 Å². The van der Waals surface area contributed by atoms with Crippen LogP contribution in [-0.4, -0.2) is 25.2 Å². The highest BCUT2D eigenvalue weighted by Gasteiger charge is 2.18. The maximum atomic E-state index is 12.3. The maximum Gasteiger partial charge on any atom is 0.261 e. The molecule has 1 N–H and O–H groups in total. The molecule has 2 rings (SSSR count). The van der Waals surface area contributed by atoms with E-state index in [0.717, 1.165) is 11.1 Å². The molecule has 0 bridgehead atoms. The topological polar surface area (TPSA) is 47.6 Å². The second kappa shape index (κ2) is 9.48. The first-order chi connectivity index (χ1) is 12.4. The number of amides is 1. The predicted molar refractivity (Wildman–Crippen MR) is 105 cm³/mol. The Labute approximate surface area is 160 Å². The molecule has 0 aliphatic heterocycles. The smallest absolute Gasteiger partial charge is 0.261 e. The fourth-order valence-corrected chi connectivity index (χ4v) is 2.56. The number of hydrogen-bond donors (Lipinski definition) is 1. The molecule has 0 aliphatic carbocycles. The van der Waals surface area contributed by atoms with Crippen LogP contribution in [0.5, 0.6) is 11.5 Å². The van der Waals surface area contributed by atoms with Crippen LogP contribution in [-0.2, 0) is 4.79 Å². The Bertz CT molecular complexity index is 761. The molecule has 0 saturated heterocycles. The first-order valence-electron chi connectivity index (χ1n) is 8.81. The molecule has 0 saturated carbocycles. The standard InChI is InChI=1S/C21H26ClNO3/c1-5-20(26-18-9-6-14(2)16(4)12-18)21(24)23-10-11-25-17-8-7-15(3)19(22)13-17/h6-9,12-13,20H,5,10-11H2,1-4H3,(H,23,24). The van der Waals surface area contributed by atoms with Gasteiger partial charge in [-0.2, -0.15) is 0 Å². The van der Waals surface area contributed by atoms with E-state index in [4.69, 9.17) is 21.1 Å². The number of halogens is 1. The number of carbonyl (C=O) groups is 1. The van der Waals surface area contributed by atoms with Crippen LogP contribution in [0.4, 0.5) is 0 Å². The lowest BCUT2D eigenvalue weighted by Crippen LogP contribution is -2.39. The Hall–Kier alpha value is -2.20. The van der Waals surface area contributed by atoms with Gasteiger partial charge in [0, 0.05) is 5.02 Å². The summed E-state index contributed by atoms with van der Waals surface area (Å²) < 4.78 is 11.4. The van der Waals surface area contributed by atoms with Gasteiger partial charge in [-0.3, -0.25) is 4.79 Å². The van der Waals surface area contributed by atoms with Crippen molar-refractivity contribution in [1.82, 2.24) is 5.32 Å². The quantitative estimate of drug-likeness (QED) is 0.685. The van der Waals surface area contributed by atoms with Crippen LogP contribution >= 0.6 is 11.6 Å². The van der Waals surface area contributed by atoms with Crippen molar-refractivity contribution in [3.63, 3.8) is 0 Å². The van der Waals surface area contributed by atoms with Gasteiger partial charge in [-0.15, -0.1) is 0 Å². The molecule has 0 radical (unpaired) electrons. The molecule has 0 aliphatic rings. The van der Waals surface area contributed by atoms with Crippen LogP contribution in [0.1, 0.15) is 30.0 Å². The van der Waals surface area contributed by atoms with Gasteiger partial charge in [0.1, 0.15) is 18.1 Å². The molecule has 0 spiro atoms. The van der Waals surface area contributed by atoms with E-state index < -0.39 is 6.10 Å². The summed E-state index contributed by atoms with van der Waals surface area (Å²) in [5, 5.41) is 3.52. The number of benzene rings is 2. The Morgan fingerprint density at radius 2 is 1.73 bits per heavy atom. The van der Waals surface area contributed by atoms with Crippen LogP contribution in [0, 0.1) is 20.8 Å². The van der Waals surface area contributed by atoms with Gasteiger partial charge in [-0.25, -0.2) is 0 Å². The highest BCUT2D eigenvalue weighted by molar-refractivity contribution is 6.31. The lowest BCUT2D eigenvalue weighted by molar-refractivity contribution is -0.128. The number of nitrogens with one attached hydrogen (secondary N) is 1. The third kappa shape index (κ3) is 5.67. The number of carbonyl (C=O) groups excluding carboxylic acids is 1. The fourth-order valence-electron chi connectivity index (χ4n) is 2.39. The average Bonchev–Trinajstić information content (AvgIpc) is 2.62. The van der Waals surface area contributed by atoms with Gasteiger partial charge in [0.2, 0.25) is 0 Å². The molecule has 5 heteroatoms. The average molecular weight is 376 g/mol. The molecule has 1 amide bonds. The first-order valence-corrected chi connectivity index (χ1v) is 9.19. The van der Waals surface area contributed by atoms with Crippen molar-refractivity contribution in [2.45, 2.75) is 40.2 Å². The SMILES string of the molecule is CCC(Oc1ccc(C)c(C)c1)C(=O)NCCOc1ccc(C)c(Cl)c1. The van der Waals surface area contributed by atoms with Crippen LogP contribution in [0.25, 0.3) is 0 Å². The number of hydrogen-bond acceptors (Lipinski definition) is 3. The van der Waals surface area contributed by atoms with E-state index in [1.165, 1.54) is 5.56 Å². The Morgan fingerprint density at radius 3 is 2.38 bits per heavy atom. The monoisotopic (exact) mass is 375 g/mol. The fraction of sp³-hybridized carbons (Fsp3) is 0.381. The second-order valence-electron chi connectivity index (χ2n) is 6.31. The zero-order chi connectivity index (χ0) is 19.1. The summed E-state index contributed by atoms with van der Waals surface area (Å²) in [4.78, 5) is 12.3.